The fourth-order valence-corrected chi connectivity index (χ4v) is 2.80. The molecule has 0 aliphatic heterocycles. The van der Waals surface area contributed by atoms with E-state index in [0.717, 1.165) is 23.9 Å². The highest BCUT2D eigenvalue weighted by molar-refractivity contribution is 5.97. The molecule has 6 heteroatoms. The number of benzene rings is 2. The first-order valence-electron chi connectivity index (χ1n) is 9.20. The zero-order chi connectivity index (χ0) is 21.1. The first-order valence-corrected chi connectivity index (χ1v) is 9.20. The standard InChI is InChI=1S/C22H28F2N2O2/c1-14-16(7-6-8-19(14)25-12-21(2,3)4)20(27)26-13-22(5,28)17-10-9-15(23)11-18(17)24/h6-11,25,28H,12-13H2,1-5H3,(H,26,27)/t22-/m0/s1. The van der Waals surface area contributed by atoms with Gasteiger partial charge in [-0.15, -0.1) is 0 Å². The molecule has 0 saturated heterocycles. The van der Waals surface area contributed by atoms with Crippen molar-refractivity contribution in [2.24, 2.45) is 5.41 Å². The van der Waals surface area contributed by atoms with Crippen molar-refractivity contribution in [1.82, 2.24) is 5.32 Å². The van der Waals surface area contributed by atoms with E-state index in [2.05, 4.69) is 31.4 Å². The minimum atomic E-state index is -1.68. The molecule has 28 heavy (non-hydrogen) atoms. The van der Waals surface area contributed by atoms with Crippen LogP contribution in [0, 0.1) is 24.0 Å². The Labute approximate surface area is 165 Å². The quantitative estimate of drug-likeness (QED) is 0.686. The van der Waals surface area contributed by atoms with Crippen LogP contribution in [0.15, 0.2) is 36.4 Å². The zero-order valence-corrected chi connectivity index (χ0v) is 17.0. The first-order chi connectivity index (χ1) is 12.9. The zero-order valence-electron chi connectivity index (χ0n) is 17.0. The second-order valence-electron chi connectivity index (χ2n) is 8.47. The van der Waals surface area contributed by atoms with Crippen molar-refractivity contribution in [2.75, 3.05) is 18.4 Å². The van der Waals surface area contributed by atoms with Crippen molar-refractivity contribution >= 4 is 11.6 Å². The van der Waals surface area contributed by atoms with Crippen molar-refractivity contribution in [3.63, 3.8) is 0 Å². The summed E-state index contributed by atoms with van der Waals surface area (Å²) < 4.78 is 27.1. The number of aliphatic hydroxyl groups is 1. The van der Waals surface area contributed by atoms with Crippen LogP contribution in [0.5, 0.6) is 0 Å². The maximum atomic E-state index is 14.0. The SMILES string of the molecule is Cc1c(NCC(C)(C)C)cccc1C(=O)NC[C@](C)(O)c1ccc(F)cc1F. The molecule has 0 bridgehead atoms. The Hall–Kier alpha value is -2.47. The smallest absolute Gasteiger partial charge is 0.251 e. The Bertz CT molecular complexity index is 858. The number of hydrogen-bond acceptors (Lipinski definition) is 3. The molecule has 0 fully saturated rings. The summed E-state index contributed by atoms with van der Waals surface area (Å²) in [6.45, 7) is 10.1. The lowest BCUT2D eigenvalue weighted by molar-refractivity contribution is 0.0494. The molecule has 0 radical (unpaired) electrons. The number of nitrogens with one attached hydrogen (secondary N) is 2. The summed E-state index contributed by atoms with van der Waals surface area (Å²) in [5.74, 6) is -1.96. The van der Waals surface area contributed by atoms with Gasteiger partial charge >= 0.3 is 0 Å². The molecule has 3 N–H and O–H groups in total. The first kappa shape index (κ1) is 21.8. The number of halogens is 2. The van der Waals surface area contributed by atoms with E-state index in [-0.39, 0.29) is 23.4 Å². The minimum absolute atomic E-state index is 0.0773. The van der Waals surface area contributed by atoms with Crippen LogP contribution in [-0.2, 0) is 5.60 Å². The van der Waals surface area contributed by atoms with Crippen LogP contribution >= 0.6 is 0 Å². The predicted molar refractivity (Wildman–Crippen MR) is 107 cm³/mol. The molecule has 0 spiro atoms. The molecule has 0 saturated carbocycles. The van der Waals surface area contributed by atoms with Gasteiger partial charge in [0, 0.05) is 29.4 Å². The van der Waals surface area contributed by atoms with E-state index < -0.39 is 17.2 Å². The van der Waals surface area contributed by atoms with Crippen LogP contribution < -0.4 is 10.6 Å². The molecule has 0 unspecified atom stereocenters. The van der Waals surface area contributed by atoms with Crippen molar-refractivity contribution in [2.45, 2.75) is 40.2 Å². The molecular formula is C22H28F2N2O2. The molecule has 0 aliphatic carbocycles. The highest BCUT2D eigenvalue weighted by atomic mass is 19.1. The third kappa shape index (κ3) is 5.52. The van der Waals surface area contributed by atoms with E-state index >= 15 is 0 Å². The van der Waals surface area contributed by atoms with E-state index in [1.54, 1.807) is 12.1 Å². The van der Waals surface area contributed by atoms with Gasteiger partial charge in [0.2, 0.25) is 0 Å². The molecule has 0 heterocycles. The maximum absolute atomic E-state index is 14.0. The topological polar surface area (TPSA) is 61.4 Å². The van der Waals surface area contributed by atoms with E-state index in [4.69, 9.17) is 0 Å². The van der Waals surface area contributed by atoms with Crippen LogP contribution in [-0.4, -0.2) is 24.1 Å². The Morgan fingerprint density at radius 3 is 2.36 bits per heavy atom. The van der Waals surface area contributed by atoms with Crippen molar-refractivity contribution < 1.29 is 18.7 Å². The second kappa shape index (κ2) is 8.27. The molecule has 0 aliphatic rings. The molecule has 152 valence electrons. The number of hydrogen-bond donors (Lipinski definition) is 3. The van der Waals surface area contributed by atoms with Crippen molar-refractivity contribution in [3.8, 4) is 0 Å². The van der Waals surface area contributed by atoms with Gasteiger partial charge in [-0.3, -0.25) is 4.79 Å². The molecule has 2 aromatic carbocycles. The van der Waals surface area contributed by atoms with Gasteiger partial charge in [-0.25, -0.2) is 8.78 Å². The van der Waals surface area contributed by atoms with Crippen molar-refractivity contribution in [3.05, 3.63) is 64.7 Å². The number of anilines is 1. The molecule has 2 aromatic rings. The molecule has 4 nitrogen and oxygen atoms in total. The van der Waals surface area contributed by atoms with Gasteiger partial charge in [-0.1, -0.05) is 32.9 Å². The maximum Gasteiger partial charge on any atom is 0.251 e. The second-order valence-corrected chi connectivity index (χ2v) is 8.47. The van der Waals surface area contributed by atoms with Gasteiger partial charge in [0.05, 0.1) is 6.54 Å². The summed E-state index contributed by atoms with van der Waals surface area (Å²) in [4.78, 5) is 12.6. The fraction of sp³-hybridized carbons (Fsp3) is 0.409. The number of carbonyl (C=O) groups is 1. The van der Waals surface area contributed by atoms with E-state index in [9.17, 15) is 18.7 Å². The Morgan fingerprint density at radius 1 is 1.07 bits per heavy atom. The molecular weight excluding hydrogens is 362 g/mol. The highest BCUT2D eigenvalue weighted by Gasteiger charge is 2.28. The molecule has 1 amide bonds. The minimum Gasteiger partial charge on any atom is -0.384 e. The summed E-state index contributed by atoms with van der Waals surface area (Å²) in [6.07, 6.45) is 0. The number of carbonyl (C=O) groups excluding carboxylic acids is 1. The summed E-state index contributed by atoms with van der Waals surface area (Å²) in [5.41, 5.74) is 0.447. The van der Waals surface area contributed by atoms with Crippen LogP contribution in [0.4, 0.5) is 14.5 Å². The van der Waals surface area contributed by atoms with Gasteiger partial charge < -0.3 is 15.7 Å². The van der Waals surface area contributed by atoms with Crippen LogP contribution in [0.2, 0.25) is 0 Å². The van der Waals surface area contributed by atoms with Crippen LogP contribution in [0.3, 0.4) is 0 Å². The predicted octanol–water partition coefficient (Wildman–Crippen LogP) is 4.37. The average molecular weight is 390 g/mol. The monoisotopic (exact) mass is 390 g/mol. The summed E-state index contributed by atoms with van der Waals surface area (Å²) >= 11 is 0. The lowest BCUT2D eigenvalue weighted by atomic mass is 9.95. The Balaban J connectivity index is 2.12. The van der Waals surface area contributed by atoms with Crippen molar-refractivity contribution in [1.29, 1.82) is 0 Å². The number of amides is 1. The number of rotatable bonds is 6. The summed E-state index contributed by atoms with van der Waals surface area (Å²) in [7, 11) is 0. The van der Waals surface area contributed by atoms with Gasteiger partial charge in [0.15, 0.2) is 0 Å². The highest BCUT2D eigenvalue weighted by Crippen LogP contribution is 2.25. The molecule has 1 atom stereocenters. The lowest BCUT2D eigenvalue weighted by Crippen LogP contribution is -2.39. The third-order valence-electron chi connectivity index (χ3n) is 4.49. The molecule has 2 rings (SSSR count). The summed E-state index contributed by atoms with van der Waals surface area (Å²) in [5, 5.41) is 16.5. The summed E-state index contributed by atoms with van der Waals surface area (Å²) in [6, 6.07) is 8.34. The van der Waals surface area contributed by atoms with Gasteiger partial charge in [0.25, 0.3) is 5.91 Å². The van der Waals surface area contributed by atoms with E-state index in [1.165, 1.54) is 13.0 Å². The van der Waals surface area contributed by atoms with Gasteiger partial charge in [0.1, 0.15) is 17.2 Å². The van der Waals surface area contributed by atoms with E-state index in [1.807, 2.05) is 13.0 Å². The van der Waals surface area contributed by atoms with Crippen LogP contribution in [0.1, 0.15) is 49.2 Å². The normalized spacial score (nSPS) is 13.7. The van der Waals surface area contributed by atoms with Gasteiger partial charge in [-0.2, -0.15) is 0 Å². The largest absolute Gasteiger partial charge is 0.384 e. The van der Waals surface area contributed by atoms with Gasteiger partial charge in [-0.05, 0) is 43.0 Å². The Kier molecular flexibility index (Phi) is 6.44. The van der Waals surface area contributed by atoms with E-state index in [0.29, 0.717) is 11.6 Å². The lowest BCUT2D eigenvalue weighted by Gasteiger charge is -2.25. The third-order valence-corrected chi connectivity index (χ3v) is 4.49. The molecule has 0 aromatic heterocycles. The van der Waals surface area contributed by atoms with Crippen LogP contribution in [0.25, 0.3) is 0 Å². The average Bonchev–Trinajstić information content (AvgIpc) is 2.57. The fourth-order valence-electron chi connectivity index (χ4n) is 2.80. The Morgan fingerprint density at radius 2 is 1.75 bits per heavy atom.